The second-order valence-electron chi connectivity index (χ2n) is 15.6. The molecule has 0 radical (unpaired) electrons. The van der Waals surface area contributed by atoms with Crippen molar-refractivity contribution in [3.8, 4) is 0 Å². The van der Waals surface area contributed by atoms with Gasteiger partial charge in [0.1, 0.15) is 43.2 Å². The van der Waals surface area contributed by atoms with E-state index < -0.39 is 75.7 Å². The Morgan fingerprint density at radius 2 is 1.05 bits per heavy atom. The van der Waals surface area contributed by atoms with Crippen LogP contribution < -0.4 is 0 Å². The summed E-state index contributed by atoms with van der Waals surface area (Å²) in [5, 5.41) is 50.1. The van der Waals surface area contributed by atoms with E-state index in [1.54, 1.807) is 12.2 Å². The smallest absolute Gasteiger partial charge is 0.462 e. The van der Waals surface area contributed by atoms with Crippen molar-refractivity contribution in [2.24, 2.45) is 0 Å². The maximum absolute atomic E-state index is 12.8. The molecule has 1 rings (SSSR count). The Balaban J connectivity index is 2.58. The van der Waals surface area contributed by atoms with Gasteiger partial charge in [-0.25, -0.2) is 4.57 Å². The number of hydrogen-bond donors (Lipinski definition) is 6. The van der Waals surface area contributed by atoms with Crippen LogP contribution in [0.2, 0.25) is 0 Å². The lowest BCUT2D eigenvalue weighted by atomic mass is 9.85. The molecule has 14 nitrogen and oxygen atoms in total. The molecule has 0 spiro atoms. The molecule has 1 saturated carbocycles. The fraction of sp³-hybridized carbons (Fsp3) is 0.612. The van der Waals surface area contributed by atoms with Crippen molar-refractivity contribution in [1.29, 1.82) is 0 Å². The van der Waals surface area contributed by atoms with Gasteiger partial charge in [-0.2, -0.15) is 0 Å². The van der Waals surface area contributed by atoms with E-state index in [-0.39, 0.29) is 31.5 Å². The van der Waals surface area contributed by atoms with E-state index in [1.165, 1.54) is 25.3 Å². The van der Waals surface area contributed by atoms with Crippen LogP contribution in [0, 0.1) is 0 Å². The molecule has 15 heteroatoms. The predicted octanol–water partition coefficient (Wildman–Crippen LogP) is 8.23. The number of phosphoric ester groups is 1. The topological polar surface area (TPSA) is 227 Å². The summed E-state index contributed by atoms with van der Waals surface area (Å²) in [6.45, 7) is 2.91. The molecule has 0 amide bonds. The third-order valence-corrected chi connectivity index (χ3v) is 10.9. The first kappa shape index (κ1) is 58.5. The molecule has 8 atom stereocenters. The molecule has 0 aliphatic heterocycles. The molecule has 1 aliphatic carbocycles. The Morgan fingerprint density at radius 1 is 0.547 bits per heavy atom. The maximum Gasteiger partial charge on any atom is 0.472 e. The molecule has 0 bridgehead atoms. The summed E-state index contributed by atoms with van der Waals surface area (Å²) in [7, 11) is -5.20. The number of allylic oxidation sites excluding steroid dienone is 16. The minimum atomic E-state index is -5.20. The van der Waals surface area contributed by atoms with Gasteiger partial charge >= 0.3 is 19.8 Å². The Labute approximate surface area is 381 Å². The highest BCUT2D eigenvalue weighted by molar-refractivity contribution is 7.47. The van der Waals surface area contributed by atoms with E-state index in [9.17, 15) is 49.4 Å². The Bertz CT molecular complexity index is 1550. The van der Waals surface area contributed by atoms with E-state index >= 15 is 0 Å². The molecule has 6 N–H and O–H groups in total. The first-order chi connectivity index (χ1) is 30.8. The van der Waals surface area contributed by atoms with E-state index in [0.29, 0.717) is 6.42 Å². The zero-order valence-electron chi connectivity index (χ0n) is 38.0. The summed E-state index contributed by atoms with van der Waals surface area (Å²) in [6.07, 6.45) is 33.1. The van der Waals surface area contributed by atoms with Gasteiger partial charge in [0.25, 0.3) is 0 Å². The Hall–Kier alpha value is -3.56. The lowest BCUT2D eigenvalue weighted by Crippen LogP contribution is -2.64. The third-order valence-electron chi connectivity index (χ3n) is 9.89. The number of ether oxygens (including phenoxy) is 2. The number of carbonyl (C=O) groups excluding carboxylic acids is 3. The Morgan fingerprint density at radius 3 is 1.62 bits per heavy atom. The van der Waals surface area contributed by atoms with Crippen LogP contribution in [0.5, 0.6) is 0 Å². The number of unbranched alkanes of at least 4 members (excludes halogenated alkanes) is 7. The fourth-order valence-corrected chi connectivity index (χ4v) is 7.14. The van der Waals surface area contributed by atoms with Gasteiger partial charge in [0.2, 0.25) is 0 Å². The lowest BCUT2D eigenvalue weighted by Gasteiger charge is -2.41. The van der Waals surface area contributed by atoms with Gasteiger partial charge in [0.05, 0.1) is 6.61 Å². The number of phosphoric acid groups is 1. The van der Waals surface area contributed by atoms with Crippen LogP contribution >= 0.6 is 7.82 Å². The van der Waals surface area contributed by atoms with Gasteiger partial charge < -0.3 is 39.9 Å². The van der Waals surface area contributed by atoms with Crippen molar-refractivity contribution in [2.75, 3.05) is 13.2 Å². The summed E-state index contributed by atoms with van der Waals surface area (Å²) in [5.41, 5.74) is 0. The van der Waals surface area contributed by atoms with Gasteiger partial charge in [-0.05, 0) is 83.1 Å². The minimum absolute atomic E-state index is 0.0433. The van der Waals surface area contributed by atoms with Crippen molar-refractivity contribution in [1.82, 2.24) is 0 Å². The van der Waals surface area contributed by atoms with E-state index in [0.717, 1.165) is 70.6 Å². The highest BCUT2D eigenvalue weighted by Crippen LogP contribution is 2.47. The van der Waals surface area contributed by atoms with Crippen LogP contribution in [-0.4, -0.2) is 104 Å². The first-order valence-corrected chi connectivity index (χ1v) is 24.5. The number of hydrogen-bond acceptors (Lipinski definition) is 13. The molecular formula is C49H77O14P. The van der Waals surface area contributed by atoms with Crippen molar-refractivity contribution in [3.05, 3.63) is 97.2 Å². The standard InChI is InChI=1S/C49H77O14P/c1-3-5-7-9-11-13-15-17-18-19-20-22-24-26-28-30-32-36-42(51)60-38-41(39-61-64(58,59)63-49-47(56)45(54)44(53)46(55)48(49)57)62-43(52)37-33-35-40(50)34-31-29-27-25-23-21-16-14-12-10-8-6-4-2/h5,7,11-14,17-18,20-23,27,29,31,34,41,44-49,53-57H,3-4,6,8-10,15-16,19,24-26,28,30,32-33,35-39H2,1-2H3,(H,58,59)/b7-5-,13-11-,14-12-,18-17-,22-20-,23-21-,29-27-,34-31+/t41-,44?,45-,46+,47-,48-,49?/m1/s1. The number of ketones is 1. The normalized spacial score (nSPS) is 22.4. The van der Waals surface area contributed by atoms with Gasteiger partial charge in [0, 0.05) is 19.3 Å². The van der Waals surface area contributed by atoms with Crippen LogP contribution in [-0.2, 0) is 37.5 Å². The predicted molar refractivity (Wildman–Crippen MR) is 249 cm³/mol. The lowest BCUT2D eigenvalue weighted by molar-refractivity contribution is -0.220. The largest absolute Gasteiger partial charge is 0.472 e. The molecular weight excluding hydrogens is 843 g/mol. The SMILES string of the molecule is CC/C=C\C/C=C\C/C=C\C/C=C\CCCCCCC(=O)OC[C@H](COP(=O)(O)OC1[C@H](O)[C@H](O)C(O)[C@H](O)[C@H]1O)OC(=O)CCCC(=O)/C=C/C=C\C/C=C\C/C=C\CCCCC. The molecule has 0 aromatic carbocycles. The van der Waals surface area contributed by atoms with E-state index in [1.807, 2.05) is 12.2 Å². The average Bonchev–Trinajstić information content (AvgIpc) is 3.27. The number of aliphatic hydroxyl groups is 5. The third kappa shape index (κ3) is 29.8. The second-order valence-corrected chi connectivity index (χ2v) is 17.0. The van der Waals surface area contributed by atoms with Crippen LogP contribution in [0.25, 0.3) is 0 Å². The summed E-state index contributed by atoms with van der Waals surface area (Å²) in [4.78, 5) is 48.0. The van der Waals surface area contributed by atoms with Crippen LogP contribution in [0.4, 0.5) is 0 Å². The van der Waals surface area contributed by atoms with Crippen molar-refractivity contribution >= 4 is 25.5 Å². The molecule has 0 heterocycles. The van der Waals surface area contributed by atoms with E-state index in [4.69, 9.17) is 18.5 Å². The highest BCUT2D eigenvalue weighted by atomic mass is 31.2. The minimum Gasteiger partial charge on any atom is -0.462 e. The molecule has 0 aromatic rings. The van der Waals surface area contributed by atoms with Crippen LogP contribution in [0.3, 0.4) is 0 Å². The van der Waals surface area contributed by atoms with E-state index in [2.05, 4.69) is 80.7 Å². The number of esters is 2. The van der Waals surface area contributed by atoms with Crippen molar-refractivity contribution in [2.45, 2.75) is 179 Å². The first-order valence-electron chi connectivity index (χ1n) is 23.0. The van der Waals surface area contributed by atoms with Gasteiger partial charge in [-0.1, -0.05) is 131 Å². The summed E-state index contributed by atoms with van der Waals surface area (Å²) in [5.74, 6) is -1.60. The summed E-state index contributed by atoms with van der Waals surface area (Å²) < 4.78 is 33.3. The number of carbonyl (C=O) groups is 3. The van der Waals surface area contributed by atoms with Crippen LogP contribution in [0.1, 0.15) is 136 Å². The molecule has 64 heavy (non-hydrogen) atoms. The monoisotopic (exact) mass is 921 g/mol. The number of aliphatic hydroxyl groups excluding tert-OH is 5. The molecule has 362 valence electrons. The van der Waals surface area contributed by atoms with Gasteiger partial charge in [-0.3, -0.25) is 23.4 Å². The molecule has 0 aromatic heterocycles. The maximum atomic E-state index is 12.8. The van der Waals surface area contributed by atoms with Crippen molar-refractivity contribution in [3.63, 3.8) is 0 Å². The zero-order valence-corrected chi connectivity index (χ0v) is 38.9. The molecule has 3 unspecified atom stereocenters. The second kappa shape index (κ2) is 37.6. The number of rotatable bonds is 36. The molecule has 1 fully saturated rings. The van der Waals surface area contributed by atoms with Gasteiger partial charge in [0.15, 0.2) is 11.9 Å². The van der Waals surface area contributed by atoms with Gasteiger partial charge in [-0.15, -0.1) is 0 Å². The fourth-order valence-electron chi connectivity index (χ4n) is 6.17. The Kier molecular flexibility index (Phi) is 34.4. The highest BCUT2D eigenvalue weighted by Gasteiger charge is 2.51. The van der Waals surface area contributed by atoms with Crippen molar-refractivity contribution < 1.29 is 67.9 Å². The van der Waals surface area contributed by atoms with Crippen LogP contribution in [0.15, 0.2) is 97.2 Å². The zero-order chi connectivity index (χ0) is 47.3. The quantitative estimate of drug-likeness (QED) is 0.00870. The summed E-state index contributed by atoms with van der Waals surface area (Å²) in [6, 6.07) is 0. The summed E-state index contributed by atoms with van der Waals surface area (Å²) >= 11 is 0. The molecule has 1 aliphatic rings. The average molecular weight is 921 g/mol. The molecule has 0 saturated heterocycles.